The molecule has 0 saturated carbocycles. The van der Waals surface area contributed by atoms with Crippen molar-refractivity contribution in [3.8, 4) is 16.9 Å². The van der Waals surface area contributed by atoms with Gasteiger partial charge in [0.25, 0.3) is 0 Å². The van der Waals surface area contributed by atoms with Crippen LogP contribution in [0, 0.1) is 12.7 Å². The number of halogens is 1. The van der Waals surface area contributed by atoms with Crippen LogP contribution < -0.4 is 5.73 Å². The molecule has 5 heteroatoms. The van der Waals surface area contributed by atoms with Gasteiger partial charge in [-0.2, -0.15) is 0 Å². The second-order valence-corrected chi connectivity index (χ2v) is 3.20. The molecule has 0 saturated heterocycles. The summed E-state index contributed by atoms with van der Waals surface area (Å²) in [5, 5.41) is 13.0. The molecule has 1 aromatic heterocycles. The van der Waals surface area contributed by atoms with Gasteiger partial charge in [0, 0.05) is 5.56 Å². The summed E-state index contributed by atoms with van der Waals surface area (Å²) >= 11 is 0. The first-order chi connectivity index (χ1) is 7.11. The highest BCUT2D eigenvalue weighted by Crippen LogP contribution is 2.35. The minimum absolute atomic E-state index is 0.0496. The number of hydrogen-bond donors (Lipinski definition) is 2. The van der Waals surface area contributed by atoms with Crippen LogP contribution in [0.4, 0.5) is 10.3 Å². The Morgan fingerprint density at radius 1 is 1.40 bits per heavy atom. The Bertz CT molecular complexity index is 508. The van der Waals surface area contributed by atoms with E-state index in [1.165, 1.54) is 6.20 Å². The zero-order valence-electron chi connectivity index (χ0n) is 7.99. The number of anilines is 1. The number of nitrogens with zero attached hydrogens (tertiary/aromatic N) is 1. The van der Waals surface area contributed by atoms with E-state index < -0.39 is 11.6 Å². The standard InChI is InChI=1S/C10H9FN2O2/c1-5-2-3-6(9(14)8(5)11)7-4-13-15-10(7)12/h2-4,14H,12H2,1H3. The second kappa shape index (κ2) is 3.27. The first-order valence-corrected chi connectivity index (χ1v) is 4.30. The molecule has 15 heavy (non-hydrogen) atoms. The van der Waals surface area contributed by atoms with E-state index in [1.54, 1.807) is 19.1 Å². The molecule has 1 heterocycles. The van der Waals surface area contributed by atoms with Gasteiger partial charge >= 0.3 is 0 Å². The summed E-state index contributed by atoms with van der Waals surface area (Å²) in [5.41, 5.74) is 6.49. The molecular weight excluding hydrogens is 199 g/mol. The van der Waals surface area contributed by atoms with Crippen LogP contribution in [0.1, 0.15) is 5.56 Å². The highest BCUT2D eigenvalue weighted by molar-refractivity contribution is 5.77. The van der Waals surface area contributed by atoms with E-state index in [9.17, 15) is 9.50 Å². The van der Waals surface area contributed by atoms with Crippen molar-refractivity contribution in [2.45, 2.75) is 6.92 Å². The van der Waals surface area contributed by atoms with Gasteiger partial charge < -0.3 is 15.4 Å². The average molecular weight is 208 g/mol. The van der Waals surface area contributed by atoms with Crippen molar-refractivity contribution in [1.82, 2.24) is 5.16 Å². The van der Waals surface area contributed by atoms with Crippen LogP contribution >= 0.6 is 0 Å². The maximum atomic E-state index is 13.4. The lowest BCUT2D eigenvalue weighted by atomic mass is 10.1. The molecule has 0 spiro atoms. The number of rotatable bonds is 1. The van der Waals surface area contributed by atoms with Gasteiger partial charge in [0.2, 0.25) is 5.88 Å². The zero-order valence-corrected chi connectivity index (χ0v) is 7.99. The summed E-state index contributed by atoms with van der Waals surface area (Å²) in [4.78, 5) is 0. The normalized spacial score (nSPS) is 10.5. The first kappa shape index (κ1) is 9.51. The molecule has 0 amide bonds. The molecule has 78 valence electrons. The van der Waals surface area contributed by atoms with E-state index in [2.05, 4.69) is 9.68 Å². The Kier molecular flexibility index (Phi) is 2.07. The van der Waals surface area contributed by atoms with Crippen molar-refractivity contribution in [3.05, 3.63) is 29.7 Å². The number of nitrogens with two attached hydrogens (primary N) is 1. The van der Waals surface area contributed by atoms with E-state index in [1.807, 2.05) is 0 Å². The largest absolute Gasteiger partial charge is 0.504 e. The quantitative estimate of drug-likeness (QED) is 0.752. The summed E-state index contributed by atoms with van der Waals surface area (Å²) in [5.74, 6) is -1.05. The predicted octanol–water partition coefficient (Wildman–Crippen LogP) is 2.08. The molecule has 2 aromatic rings. The molecule has 0 atom stereocenters. The third kappa shape index (κ3) is 1.41. The van der Waals surface area contributed by atoms with Crippen LogP contribution in [-0.2, 0) is 0 Å². The Hall–Kier alpha value is -2.04. The maximum absolute atomic E-state index is 13.4. The van der Waals surface area contributed by atoms with Crippen LogP contribution in [0.2, 0.25) is 0 Å². The Morgan fingerprint density at radius 2 is 2.13 bits per heavy atom. The summed E-state index contributed by atoms with van der Waals surface area (Å²) < 4.78 is 18.0. The van der Waals surface area contributed by atoms with Gasteiger partial charge in [0.15, 0.2) is 11.6 Å². The van der Waals surface area contributed by atoms with Gasteiger partial charge in [-0.25, -0.2) is 4.39 Å². The maximum Gasteiger partial charge on any atom is 0.230 e. The number of benzene rings is 1. The van der Waals surface area contributed by atoms with Gasteiger partial charge in [-0.05, 0) is 18.6 Å². The van der Waals surface area contributed by atoms with Crippen molar-refractivity contribution in [3.63, 3.8) is 0 Å². The highest BCUT2D eigenvalue weighted by atomic mass is 19.1. The smallest absolute Gasteiger partial charge is 0.230 e. The molecule has 4 nitrogen and oxygen atoms in total. The summed E-state index contributed by atoms with van der Waals surface area (Å²) in [7, 11) is 0. The molecule has 2 rings (SSSR count). The Balaban J connectivity index is 2.65. The number of phenolic OH excluding ortho intramolecular Hbond substituents is 1. The van der Waals surface area contributed by atoms with Crippen LogP contribution in [0.5, 0.6) is 5.75 Å². The number of aryl methyl sites for hydroxylation is 1. The van der Waals surface area contributed by atoms with Crippen molar-refractivity contribution >= 4 is 5.88 Å². The summed E-state index contributed by atoms with van der Waals surface area (Å²) in [6.07, 6.45) is 1.33. The van der Waals surface area contributed by atoms with Crippen molar-refractivity contribution in [1.29, 1.82) is 0 Å². The van der Waals surface area contributed by atoms with Gasteiger partial charge in [0.05, 0.1) is 11.8 Å². The Morgan fingerprint density at radius 3 is 2.73 bits per heavy atom. The third-order valence-electron chi connectivity index (χ3n) is 2.20. The molecule has 3 N–H and O–H groups in total. The molecular formula is C10H9FN2O2. The lowest BCUT2D eigenvalue weighted by Crippen LogP contribution is -1.89. The molecule has 0 fully saturated rings. The minimum Gasteiger partial charge on any atom is -0.504 e. The fraction of sp³-hybridized carbons (Fsp3) is 0.100. The lowest BCUT2D eigenvalue weighted by Gasteiger charge is -2.05. The predicted molar refractivity (Wildman–Crippen MR) is 52.7 cm³/mol. The second-order valence-electron chi connectivity index (χ2n) is 3.20. The van der Waals surface area contributed by atoms with E-state index in [0.29, 0.717) is 11.1 Å². The topological polar surface area (TPSA) is 72.3 Å². The number of phenols is 1. The average Bonchev–Trinajstić information content (AvgIpc) is 2.62. The van der Waals surface area contributed by atoms with Gasteiger partial charge in [-0.15, -0.1) is 0 Å². The van der Waals surface area contributed by atoms with Crippen LogP contribution in [-0.4, -0.2) is 10.3 Å². The molecule has 0 radical (unpaired) electrons. The monoisotopic (exact) mass is 208 g/mol. The first-order valence-electron chi connectivity index (χ1n) is 4.30. The fourth-order valence-electron chi connectivity index (χ4n) is 1.33. The van der Waals surface area contributed by atoms with Gasteiger partial charge in [0.1, 0.15) is 0 Å². The van der Waals surface area contributed by atoms with E-state index >= 15 is 0 Å². The van der Waals surface area contributed by atoms with Crippen molar-refractivity contribution < 1.29 is 14.0 Å². The van der Waals surface area contributed by atoms with Crippen LogP contribution in [0.15, 0.2) is 22.9 Å². The highest BCUT2D eigenvalue weighted by Gasteiger charge is 2.15. The van der Waals surface area contributed by atoms with E-state index in [0.717, 1.165) is 0 Å². The third-order valence-corrected chi connectivity index (χ3v) is 2.20. The molecule has 1 aromatic carbocycles. The molecule has 0 bridgehead atoms. The van der Waals surface area contributed by atoms with Crippen molar-refractivity contribution in [2.75, 3.05) is 5.73 Å². The van der Waals surface area contributed by atoms with Gasteiger partial charge in [-0.1, -0.05) is 11.2 Å². The Labute approximate surface area is 85.1 Å². The lowest BCUT2D eigenvalue weighted by molar-refractivity contribution is 0.431. The minimum atomic E-state index is -0.659. The van der Waals surface area contributed by atoms with E-state index in [-0.39, 0.29) is 11.4 Å². The molecule has 0 aliphatic rings. The van der Waals surface area contributed by atoms with Crippen LogP contribution in [0.3, 0.4) is 0 Å². The van der Waals surface area contributed by atoms with E-state index in [4.69, 9.17) is 5.73 Å². The summed E-state index contributed by atoms with van der Waals surface area (Å²) in [6.45, 7) is 1.57. The molecule has 0 unspecified atom stereocenters. The zero-order chi connectivity index (χ0) is 11.0. The molecule has 0 aliphatic carbocycles. The summed E-state index contributed by atoms with van der Waals surface area (Å²) in [6, 6.07) is 3.12. The fourth-order valence-corrected chi connectivity index (χ4v) is 1.33. The van der Waals surface area contributed by atoms with Gasteiger partial charge in [-0.3, -0.25) is 0 Å². The number of aromatic hydroxyl groups is 1. The van der Waals surface area contributed by atoms with Crippen LogP contribution in [0.25, 0.3) is 11.1 Å². The number of aromatic nitrogens is 1. The SMILES string of the molecule is Cc1ccc(-c2cnoc2N)c(O)c1F. The molecule has 0 aliphatic heterocycles. The van der Waals surface area contributed by atoms with Crippen molar-refractivity contribution in [2.24, 2.45) is 0 Å². The number of hydrogen-bond acceptors (Lipinski definition) is 4. The number of nitrogen functional groups attached to an aromatic ring is 1.